The predicted molar refractivity (Wildman–Crippen MR) is 90.0 cm³/mol. The largest absolute Gasteiger partial charge is 0.482 e. The Morgan fingerprint density at radius 1 is 1.35 bits per heavy atom. The van der Waals surface area contributed by atoms with Gasteiger partial charge in [-0.25, -0.2) is 4.98 Å². The van der Waals surface area contributed by atoms with Crippen LogP contribution in [0.5, 0.6) is 5.75 Å². The standard InChI is InChI=1S/C16H18ClN3O3/c1-11(21)8-18-15-7-6-12(9-19-15)20-16(22)10-23-14-5-3-2-4-13(14)17/h2-7,9,11,21H,8,10H2,1H3,(H,18,19)(H,20,22). The lowest BCUT2D eigenvalue weighted by Gasteiger charge is -2.10. The van der Waals surface area contributed by atoms with Crippen LogP contribution in [0.4, 0.5) is 11.5 Å². The van der Waals surface area contributed by atoms with Crippen molar-refractivity contribution in [3.05, 3.63) is 47.6 Å². The van der Waals surface area contributed by atoms with Crippen molar-refractivity contribution in [3.8, 4) is 5.75 Å². The molecule has 1 heterocycles. The molecule has 3 N–H and O–H groups in total. The molecule has 2 aromatic rings. The molecule has 0 aliphatic rings. The van der Waals surface area contributed by atoms with Gasteiger partial charge in [0.2, 0.25) is 0 Å². The Morgan fingerprint density at radius 2 is 2.13 bits per heavy atom. The van der Waals surface area contributed by atoms with E-state index < -0.39 is 6.10 Å². The molecule has 6 nitrogen and oxygen atoms in total. The van der Waals surface area contributed by atoms with Crippen molar-refractivity contribution in [1.82, 2.24) is 4.98 Å². The molecule has 0 radical (unpaired) electrons. The fourth-order valence-electron chi connectivity index (χ4n) is 1.73. The second-order valence-corrected chi connectivity index (χ2v) is 5.34. The molecular weight excluding hydrogens is 318 g/mol. The number of amides is 1. The van der Waals surface area contributed by atoms with Gasteiger partial charge in [-0.05, 0) is 31.2 Å². The molecule has 1 unspecified atom stereocenters. The van der Waals surface area contributed by atoms with E-state index in [1.165, 1.54) is 6.20 Å². The highest BCUT2D eigenvalue weighted by atomic mass is 35.5. The van der Waals surface area contributed by atoms with E-state index in [4.69, 9.17) is 16.3 Å². The zero-order valence-electron chi connectivity index (χ0n) is 12.6. The number of benzene rings is 1. The monoisotopic (exact) mass is 335 g/mol. The number of carbonyl (C=O) groups excluding carboxylic acids is 1. The van der Waals surface area contributed by atoms with E-state index >= 15 is 0 Å². The summed E-state index contributed by atoms with van der Waals surface area (Å²) in [6.45, 7) is 1.94. The van der Waals surface area contributed by atoms with E-state index in [2.05, 4.69) is 15.6 Å². The molecule has 1 aromatic heterocycles. The number of nitrogens with zero attached hydrogens (tertiary/aromatic N) is 1. The number of aliphatic hydroxyl groups is 1. The number of halogens is 1. The van der Waals surface area contributed by atoms with E-state index in [-0.39, 0.29) is 12.5 Å². The number of aliphatic hydroxyl groups excluding tert-OH is 1. The first kappa shape index (κ1) is 17.1. The molecule has 0 saturated heterocycles. The van der Waals surface area contributed by atoms with Crippen LogP contribution in [0, 0.1) is 0 Å². The van der Waals surface area contributed by atoms with Crippen LogP contribution >= 0.6 is 11.6 Å². The summed E-state index contributed by atoms with van der Waals surface area (Å²) >= 11 is 5.95. The summed E-state index contributed by atoms with van der Waals surface area (Å²) in [7, 11) is 0. The van der Waals surface area contributed by atoms with Gasteiger partial charge in [-0.2, -0.15) is 0 Å². The second kappa shape index (κ2) is 8.36. The Morgan fingerprint density at radius 3 is 2.78 bits per heavy atom. The molecule has 1 amide bonds. The van der Waals surface area contributed by atoms with Gasteiger partial charge >= 0.3 is 0 Å². The molecule has 0 spiro atoms. The average Bonchev–Trinajstić information content (AvgIpc) is 2.53. The molecule has 2 rings (SSSR count). The van der Waals surface area contributed by atoms with E-state index in [0.717, 1.165) is 0 Å². The van der Waals surface area contributed by atoms with Gasteiger partial charge in [-0.3, -0.25) is 4.79 Å². The molecule has 1 aromatic carbocycles. The van der Waals surface area contributed by atoms with Gasteiger partial charge in [-0.1, -0.05) is 23.7 Å². The number of aromatic nitrogens is 1. The minimum atomic E-state index is -0.460. The second-order valence-electron chi connectivity index (χ2n) is 4.93. The van der Waals surface area contributed by atoms with Crippen molar-refractivity contribution in [3.63, 3.8) is 0 Å². The summed E-state index contributed by atoms with van der Waals surface area (Å²) < 4.78 is 5.35. The molecule has 122 valence electrons. The van der Waals surface area contributed by atoms with Gasteiger partial charge in [0.05, 0.1) is 23.0 Å². The Bertz CT molecular complexity index is 647. The van der Waals surface area contributed by atoms with Crippen LogP contribution in [0.2, 0.25) is 5.02 Å². The van der Waals surface area contributed by atoms with Crippen LogP contribution in [0.25, 0.3) is 0 Å². The summed E-state index contributed by atoms with van der Waals surface area (Å²) in [4.78, 5) is 16.0. The Labute approximate surface area is 139 Å². The average molecular weight is 336 g/mol. The van der Waals surface area contributed by atoms with Crippen LogP contribution in [-0.4, -0.2) is 35.3 Å². The Hall–Kier alpha value is -2.31. The summed E-state index contributed by atoms with van der Waals surface area (Å²) in [5.41, 5.74) is 0.556. The quantitative estimate of drug-likeness (QED) is 0.724. The SMILES string of the molecule is CC(O)CNc1ccc(NC(=O)COc2ccccc2Cl)cn1. The maximum atomic E-state index is 11.8. The van der Waals surface area contributed by atoms with Crippen molar-refractivity contribution < 1.29 is 14.6 Å². The lowest BCUT2D eigenvalue weighted by molar-refractivity contribution is -0.118. The molecule has 1 atom stereocenters. The number of hydrogen-bond donors (Lipinski definition) is 3. The van der Waals surface area contributed by atoms with Crippen molar-refractivity contribution in [2.24, 2.45) is 0 Å². The number of hydrogen-bond acceptors (Lipinski definition) is 5. The molecule has 0 saturated carbocycles. The minimum Gasteiger partial charge on any atom is -0.482 e. The zero-order chi connectivity index (χ0) is 16.7. The molecule has 0 aliphatic carbocycles. The van der Waals surface area contributed by atoms with Crippen molar-refractivity contribution >= 4 is 29.0 Å². The number of carbonyl (C=O) groups is 1. The molecular formula is C16H18ClN3O3. The molecule has 23 heavy (non-hydrogen) atoms. The number of nitrogens with one attached hydrogen (secondary N) is 2. The third-order valence-electron chi connectivity index (χ3n) is 2.82. The Kier molecular flexibility index (Phi) is 6.19. The predicted octanol–water partition coefficient (Wildman–Crippen LogP) is 2.55. The third-order valence-corrected chi connectivity index (χ3v) is 3.13. The highest BCUT2D eigenvalue weighted by Crippen LogP contribution is 2.22. The number of pyridine rings is 1. The fraction of sp³-hybridized carbons (Fsp3) is 0.250. The van der Waals surface area contributed by atoms with Gasteiger partial charge in [0.25, 0.3) is 5.91 Å². The van der Waals surface area contributed by atoms with Crippen molar-refractivity contribution in [2.75, 3.05) is 23.8 Å². The smallest absolute Gasteiger partial charge is 0.262 e. The summed E-state index contributed by atoms with van der Waals surface area (Å²) in [5.74, 6) is 0.771. The maximum absolute atomic E-state index is 11.8. The molecule has 7 heteroatoms. The van der Waals surface area contributed by atoms with Gasteiger partial charge in [0, 0.05) is 6.54 Å². The van der Waals surface area contributed by atoms with E-state index in [0.29, 0.717) is 28.8 Å². The van der Waals surface area contributed by atoms with E-state index in [1.54, 1.807) is 43.3 Å². The van der Waals surface area contributed by atoms with Crippen LogP contribution in [0.1, 0.15) is 6.92 Å². The van der Waals surface area contributed by atoms with Gasteiger partial charge in [0.1, 0.15) is 11.6 Å². The van der Waals surface area contributed by atoms with E-state index in [1.807, 2.05) is 0 Å². The summed E-state index contributed by atoms with van der Waals surface area (Å²) in [6.07, 6.45) is 1.07. The van der Waals surface area contributed by atoms with Gasteiger partial charge < -0.3 is 20.5 Å². The lowest BCUT2D eigenvalue weighted by atomic mass is 10.3. The first-order valence-corrected chi connectivity index (χ1v) is 7.47. The first-order chi connectivity index (χ1) is 11.0. The number of rotatable bonds is 7. The molecule has 0 aliphatic heterocycles. The van der Waals surface area contributed by atoms with Gasteiger partial charge in [-0.15, -0.1) is 0 Å². The number of para-hydroxylation sites is 1. The van der Waals surface area contributed by atoms with E-state index in [9.17, 15) is 9.90 Å². The topological polar surface area (TPSA) is 83.5 Å². The highest BCUT2D eigenvalue weighted by molar-refractivity contribution is 6.32. The Balaban J connectivity index is 1.82. The summed E-state index contributed by atoms with van der Waals surface area (Å²) in [5, 5.41) is 15.3. The van der Waals surface area contributed by atoms with Crippen LogP contribution in [0.3, 0.4) is 0 Å². The molecule has 0 fully saturated rings. The lowest BCUT2D eigenvalue weighted by Crippen LogP contribution is -2.20. The number of anilines is 2. The third kappa shape index (κ3) is 5.77. The number of ether oxygens (including phenoxy) is 1. The van der Waals surface area contributed by atoms with Gasteiger partial charge in [0.15, 0.2) is 6.61 Å². The zero-order valence-corrected chi connectivity index (χ0v) is 13.4. The van der Waals surface area contributed by atoms with Crippen molar-refractivity contribution in [2.45, 2.75) is 13.0 Å². The highest BCUT2D eigenvalue weighted by Gasteiger charge is 2.06. The van der Waals surface area contributed by atoms with Crippen LogP contribution in [0.15, 0.2) is 42.6 Å². The maximum Gasteiger partial charge on any atom is 0.262 e. The summed E-state index contributed by atoms with van der Waals surface area (Å²) in [6, 6.07) is 10.4. The molecule has 0 bridgehead atoms. The fourth-order valence-corrected chi connectivity index (χ4v) is 1.92. The minimum absolute atomic E-state index is 0.147. The van der Waals surface area contributed by atoms with Crippen molar-refractivity contribution in [1.29, 1.82) is 0 Å². The van der Waals surface area contributed by atoms with Crippen LogP contribution < -0.4 is 15.4 Å². The first-order valence-electron chi connectivity index (χ1n) is 7.10. The van der Waals surface area contributed by atoms with Crippen LogP contribution in [-0.2, 0) is 4.79 Å². The normalized spacial score (nSPS) is 11.6.